The van der Waals surface area contributed by atoms with Crippen molar-refractivity contribution in [3.05, 3.63) is 24.5 Å². The number of hydrogen-bond acceptors (Lipinski definition) is 2. The molecule has 1 aliphatic heterocycles. The summed E-state index contributed by atoms with van der Waals surface area (Å²) in [4.78, 5) is 6.59. The smallest absolute Gasteiger partial charge is 0.0397 e. The summed E-state index contributed by atoms with van der Waals surface area (Å²) in [6.45, 7) is 2.54. The van der Waals surface area contributed by atoms with Gasteiger partial charge in [-0.05, 0) is 36.8 Å². The lowest BCUT2D eigenvalue weighted by Gasteiger charge is -2.18. The standard InChI is InChI=1S/C12H16N2/c1-2-10-8-14(9-11(10)3-1)12-4-6-13-7-5-12/h4-7,10-11H,1-3,8-9H2/t10-,11+. The zero-order valence-corrected chi connectivity index (χ0v) is 8.39. The molecule has 2 heteroatoms. The Morgan fingerprint density at radius 3 is 2.36 bits per heavy atom. The van der Waals surface area contributed by atoms with Crippen molar-refractivity contribution in [2.24, 2.45) is 11.8 Å². The van der Waals surface area contributed by atoms with Gasteiger partial charge in [-0.15, -0.1) is 0 Å². The molecule has 2 aliphatic rings. The van der Waals surface area contributed by atoms with Crippen molar-refractivity contribution in [3.63, 3.8) is 0 Å². The third-order valence-corrected chi connectivity index (χ3v) is 3.75. The summed E-state index contributed by atoms with van der Waals surface area (Å²) in [5.41, 5.74) is 1.36. The first-order chi connectivity index (χ1) is 6.93. The van der Waals surface area contributed by atoms with Crippen LogP contribution in [0.2, 0.25) is 0 Å². The SMILES string of the molecule is c1cc(N2C[C@H]3CCC[C@H]3C2)ccn1. The van der Waals surface area contributed by atoms with Crippen LogP contribution >= 0.6 is 0 Å². The van der Waals surface area contributed by atoms with E-state index in [9.17, 15) is 0 Å². The molecule has 1 aromatic heterocycles. The number of fused-ring (bicyclic) bond motifs is 1. The van der Waals surface area contributed by atoms with Crippen LogP contribution in [0.25, 0.3) is 0 Å². The Morgan fingerprint density at radius 2 is 1.71 bits per heavy atom. The topological polar surface area (TPSA) is 16.1 Å². The largest absolute Gasteiger partial charge is 0.371 e. The Kier molecular flexibility index (Phi) is 1.93. The monoisotopic (exact) mass is 188 g/mol. The summed E-state index contributed by atoms with van der Waals surface area (Å²) < 4.78 is 0. The minimum atomic E-state index is 0.975. The maximum atomic E-state index is 4.06. The molecule has 74 valence electrons. The van der Waals surface area contributed by atoms with E-state index in [0.29, 0.717) is 0 Å². The number of rotatable bonds is 1. The molecule has 2 nitrogen and oxygen atoms in total. The second-order valence-electron chi connectivity index (χ2n) is 4.56. The van der Waals surface area contributed by atoms with E-state index in [1.54, 1.807) is 0 Å². The Hall–Kier alpha value is -1.05. The van der Waals surface area contributed by atoms with Gasteiger partial charge < -0.3 is 4.90 Å². The van der Waals surface area contributed by atoms with Crippen molar-refractivity contribution in [1.29, 1.82) is 0 Å². The Bertz CT molecular complexity index is 297. The lowest BCUT2D eigenvalue weighted by Crippen LogP contribution is -2.20. The van der Waals surface area contributed by atoms with E-state index >= 15 is 0 Å². The quantitative estimate of drug-likeness (QED) is 0.672. The van der Waals surface area contributed by atoms with Gasteiger partial charge in [0.1, 0.15) is 0 Å². The zero-order valence-electron chi connectivity index (χ0n) is 8.39. The van der Waals surface area contributed by atoms with Crippen LogP contribution in [0.5, 0.6) is 0 Å². The molecule has 1 saturated carbocycles. The van der Waals surface area contributed by atoms with Crippen LogP contribution in [0, 0.1) is 11.8 Å². The molecule has 0 bridgehead atoms. The van der Waals surface area contributed by atoms with Crippen molar-refractivity contribution in [1.82, 2.24) is 4.98 Å². The molecule has 0 spiro atoms. The highest BCUT2D eigenvalue weighted by Gasteiger charge is 2.35. The molecular formula is C12H16N2. The van der Waals surface area contributed by atoms with Crippen LogP contribution in [-0.2, 0) is 0 Å². The average Bonchev–Trinajstić information content (AvgIpc) is 2.78. The first kappa shape index (κ1) is 8.27. The molecule has 2 heterocycles. The predicted octanol–water partition coefficient (Wildman–Crippen LogP) is 2.32. The summed E-state index contributed by atoms with van der Waals surface area (Å²) in [5.74, 6) is 1.95. The van der Waals surface area contributed by atoms with Crippen LogP contribution < -0.4 is 4.90 Å². The molecule has 14 heavy (non-hydrogen) atoms. The second-order valence-corrected chi connectivity index (χ2v) is 4.56. The third-order valence-electron chi connectivity index (χ3n) is 3.75. The summed E-state index contributed by atoms with van der Waals surface area (Å²) >= 11 is 0. The van der Waals surface area contributed by atoms with Gasteiger partial charge in [0.15, 0.2) is 0 Å². The summed E-state index contributed by atoms with van der Waals surface area (Å²) in [5, 5.41) is 0. The number of anilines is 1. The van der Waals surface area contributed by atoms with Crippen LogP contribution in [0.15, 0.2) is 24.5 Å². The molecule has 0 radical (unpaired) electrons. The molecule has 2 atom stereocenters. The minimum absolute atomic E-state index is 0.975. The molecular weight excluding hydrogens is 172 g/mol. The maximum Gasteiger partial charge on any atom is 0.0397 e. The van der Waals surface area contributed by atoms with Crippen LogP contribution in [0.1, 0.15) is 19.3 Å². The molecule has 0 aromatic carbocycles. The van der Waals surface area contributed by atoms with Crippen molar-refractivity contribution in [2.45, 2.75) is 19.3 Å². The van der Waals surface area contributed by atoms with E-state index in [1.807, 2.05) is 12.4 Å². The predicted molar refractivity (Wildman–Crippen MR) is 57.3 cm³/mol. The summed E-state index contributed by atoms with van der Waals surface area (Å²) in [7, 11) is 0. The van der Waals surface area contributed by atoms with Gasteiger partial charge in [-0.1, -0.05) is 6.42 Å². The molecule has 1 saturated heterocycles. The third kappa shape index (κ3) is 1.29. The fourth-order valence-electron chi connectivity index (χ4n) is 3.00. The number of hydrogen-bond donors (Lipinski definition) is 0. The molecule has 3 rings (SSSR count). The summed E-state index contributed by atoms with van der Waals surface area (Å²) in [6.07, 6.45) is 8.14. The number of aromatic nitrogens is 1. The first-order valence-corrected chi connectivity index (χ1v) is 5.58. The average molecular weight is 188 g/mol. The molecule has 2 fully saturated rings. The number of pyridine rings is 1. The van der Waals surface area contributed by atoms with Crippen LogP contribution in [0.3, 0.4) is 0 Å². The molecule has 1 aromatic rings. The first-order valence-electron chi connectivity index (χ1n) is 5.58. The zero-order chi connectivity index (χ0) is 9.38. The highest BCUT2D eigenvalue weighted by molar-refractivity contribution is 5.46. The molecule has 0 unspecified atom stereocenters. The van der Waals surface area contributed by atoms with Gasteiger partial charge in [-0.3, -0.25) is 4.98 Å². The highest BCUT2D eigenvalue weighted by Crippen LogP contribution is 2.39. The lowest BCUT2D eigenvalue weighted by atomic mass is 10.0. The van der Waals surface area contributed by atoms with E-state index in [2.05, 4.69) is 22.0 Å². The van der Waals surface area contributed by atoms with Gasteiger partial charge in [-0.2, -0.15) is 0 Å². The fourth-order valence-corrected chi connectivity index (χ4v) is 3.00. The van der Waals surface area contributed by atoms with Gasteiger partial charge in [0, 0.05) is 31.2 Å². The van der Waals surface area contributed by atoms with Gasteiger partial charge >= 0.3 is 0 Å². The van der Waals surface area contributed by atoms with Crippen molar-refractivity contribution >= 4 is 5.69 Å². The highest BCUT2D eigenvalue weighted by atomic mass is 15.2. The fraction of sp³-hybridized carbons (Fsp3) is 0.583. The number of nitrogens with zero attached hydrogens (tertiary/aromatic N) is 2. The molecule has 0 N–H and O–H groups in total. The maximum absolute atomic E-state index is 4.06. The van der Waals surface area contributed by atoms with E-state index in [0.717, 1.165) is 11.8 Å². The van der Waals surface area contributed by atoms with Gasteiger partial charge in [0.05, 0.1) is 0 Å². The minimum Gasteiger partial charge on any atom is -0.371 e. The molecule has 0 amide bonds. The van der Waals surface area contributed by atoms with E-state index in [-0.39, 0.29) is 0 Å². The second kappa shape index (κ2) is 3.26. The van der Waals surface area contributed by atoms with Gasteiger partial charge in [-0.25, -0.2) is 0 Å². The Balaban J connectivity index is 1.77. The van der Waals surface area contributed by atoms with Gasteiger partial charge in [0.25, 0.3) is 0 Å². The van der Waals surface area contributed by atoms with E-state index in [1.165, 1.54) is 38.0 Å². The van der Waals surface area contributed by atoms with Gasteiger partial charge in [0.2, 0.25) is 0 Å². The molecule has 1 aliphatic carbocycles. The van der Waals surface area contributed by atoms with Crippen LogP contribution in [0.4, 0.5) is 5.69 Å². The Morgan fingerprint density at radius 1 is 1.07 bits per heavy atom. The normalized spacial score (nSPS) is 30.7. The van der Waals surface area contributed by atoms with E-state index < -0.39 is 0 Å². The Labute approximate surface area is 85.0 Å². The van der Waals surface area contributed by atoms with Crippen molar-refractivity contribution in [2.75, 3.05) is 18.0 Å². The van der Waals surface area contributed by atoms with E-state index in [4.69, 9.17) is 0 Å². The summed E-state index contributed by atoms with van der Waals surface area (Å²) in [6, 6.07) is 4.25. The van der Waals surface area contributed by atoms with Crippen molar-refractivity contribution in [3.8, 4) is 0 Å². The van der Waals surface area contributed by atoms with Crippen molar-refractivity contribution < 1.29 is 0 Å². The lowest BCUT2D eigenvalue weighted by molar-refractivity contribution is 0.494. The van der Waals surface area contributed by atoms with Crippen LogP contribution in [-0.4, -0.2) is 18.1 Å².